The molecule has 0 spiro atoms. The quantitative estimate of drug-likeness (QED) is 0.272. The standard InChI is InChI=1S/C27H23N3O4/c1-12(2)19-7-16(10-28-19)14-5-17-23-21(8-14)33-27(32)18-6-15(9-22(24(18)23)34-26(17)31)20-11-29-25(30-20)13(3)4/h5-6,8-13H,7H2,1-4H3,(H,29,30). The zero-order valence-electron chi connectivity index (χ0n) is 19.4. The van der Waals surface area contributed by atoms with Crippen LogP contribution in [0, 0.1) is 5.92 Å². The van der Waals surface area contributed by atoms with Crippen molar-refractivity contribution < 1.29 is 8.83 Å². The Labute approximate surface area is 194 Å². The molecule has 5 aromatic rings. The van der Waals surface area contributed by atoms with Crippen LogP contribution in [0.15, 0.2) is 60.1 Å². The fraction of sp³-hybridized carbons (Fsp3) is 0.259. The molecular weight excluding hydrogens is 430 g/mol. The minimum Gasteiger partial charge on any atom is -0.422 e. The van der Waals surface area contributed by atoms with Crippen LogP contribution in [-0.4, -0.2) is 15.7 Å². The zero-order valence-corrected chi connectivity index (χ0v) is 19.4. The Morgan fingerprint density at radius 1 is 0.853 bits per heavy atom. The third-order valence-corrected chi connectivity index (χ3v) is 6.55. The smallest absolute Gasteiger partial charge is 0.344 e. The summed E-state index contributed by atoms with van der Waals surface area (Å²) in [5.41, 5.74) is 4.10. The lowest BCUT2D eigenvalue weighted by molar-refractivity contribution is 0.559. The molecule has 34 heavy (non-hydrogen) atoms. The van der Waals surface area contributed by atoms with Crippen LogP contribution in [0.3, 0.4) is 0 Å². The summed E-state index contributed by atoms with van der Waals surface area (Å²) in [6.45, 7) is 8.29. The summed E-state index contributed by atoms with van der Waals surface area (Å²) in [6, 6.07) is 7.18. The molecule has 0 unspecified atom stereocenters. The maximum absolute atomic E-state index is 13.1. The third kappa shape index (κ3) is 3.04. The van der Waals surface area contributed by atoms with E-state index in [9.17, 15) is 9.59 Å². The highest BCUT2D eigenvalue weighted by Crippen LogP contribution is 2.37. The van der Waals surface area contributed by atoms with E-state index in [0.29, 0.717) is 50.6 Å². The summed E-state index contributed by atoms with van der Waals surface area (Å²) in [7, 11) is 0. The number of H-pyrrole nitrogens is 1. The second-order valence-corrected chi connectivity index (χ2v) is 9.52. The van der Waals surface area contributed by atoms with Crippen molar-refractivity contribution in [2.75, 3.05) is 0 Å². The number of hydrogen-bond donors (Lipinski definition) is 1. The van der Waals surface area contributed by atoms with E-state index in [2.05, 4.69) is 28.8 Å². The van der Waals surface area contributed by atoms with Crippen molar-refractivity contribution in [1.82, 2.24) is 9.97 Å². The fourth-order valence-electron chi connectivity index (χ4n) is 4.63. The van der Waals surface area contributed by atoms with Crippen molar-refractivity contribution in [3.05, 3.63) is 68.9 Å². The van der Waals surface area contributed by atoms with Gasteiger partial charge in [-0.2, -0.15) is 0 Å². The lowest BCUT2D eigenvalue weighted by atomic mass is 9.94. The Bertz CT molecular complexity index is 1780. The van der Waals surface area contributed by atoms with E-state index in [1.807, 2.05) is 32.2 Å². The average Bonchev–Trinajstić information content (AvgIpc) is 3.48. The van der Waals surface area contributed by atoms with Gasteiger partial charge in [0.1, 0.15) is 17.0 Å². The number of benzene rings is 2. The zero-order chi connectivity index (χ0) is 23.7. The molecule has 0 bridgehead atoms. The van der Waals surface area contributed by atoms with Gasteiger partial charge in [0.15, 0.2) is 0 Å². The predicted octanol–water partition coefficient (Wildman–Crippen LogP) is 5.85. The highest BCUT2D eigenvalue weighted by atomic mass is 16.4. The van der Waals surface area contributed by atoms with Gasteiger partial charge in [0.25, 0.3) is 0 Å². The van der Waals surface area contributed by atoms with Crippen LogP contribution < -0.4 is 11.3 Å². The molecule has 6 rings (SSSR count). The molecule has 1 aliphatic heterocycles. The Morgan fingerprint density at radius 3 is 2.03 bits per heavy atom. The number of imidazole rings is 1. The molecule has 0 atom stereocenters. The van der Waals surface area contributed by atoms with Crippen molar-refractivity contribution >= 4 is 44.0 Å². The monoisotopic (exact) mass is 453 g/mol. The Balaban J connectivity index is 1.58. The predicted molar refractivity (Wildman–Crippen MR) is 134 cm³/mol. The molecular formula is C27H23N3O4. The molecule has 0 saturated heterocycles. The Morgan fingerprint density at radius 2 is 1.47 bits per heavy atom. The molecule has 0 fully saturated rings. The summed E-state index contributed by atoms with van der Waals surface area (Å²) in [5, 5.41) is 1.96. The van der Waals surface area contributed by atoms with Crippen molar-refractivity contribution in [3.8, 4) is 11.3 Å². The number of rotatable bonds is 4. The lowest BCUT2D eigenvalue weighted by Gasteiger charge is -2.12. The van der Waals surface area contributed by atoms with E-state index in [1.165, 1.54) is 0 Å². The number of hydrogen-bond acceptors (Lipinski definition) is 6. The van der Waals surface area contributed by atoms with Crippen LogP contribution in [-0.2, 0) is 0 Å². The summed E-state index contributed by atoms with van der Waals surface area (Å²) in [6.07, 6.45) is 4.24. The van der Waals surface area contributed by atoms with Crippen LogP contribution in [0.2, 0.25) is 0 Å². The Hall–Kier alpha value is -4.00. The summed E-state index contributed by atoms with van der Waals surface area (Å²) in [5.74, 6) is 1.41. The molecule has 4 heterocycles. The summed E-state index contributed by atoms with van der Waals surface area (Å²) < 4.78 is 11.5. The van der Waals surface area contributed by atoms with E-state index in [0.717, 1.165) is 28.4 Å². The van der Waals surface area contributed by atoms with E-state index in [4.69, 9.17) is 8.83 Å². The first-order valence-electron chi connectivity index (χ1n) is 11.4. The maximum atomic E-state index is 13.1. The van der Waals surface area contributed by atoms with E-state index in [-0.39, 0.29) is 5.92 Å². The molecule has 3 aromatic heterocycles. The van der Waals surface area contributed by atoms with Gasteiger partial charge < -0.3 is 13.8 Å². The van der Waals surface area contributed by atoms with Crippen molar-refractivity contribution in [1.29, 1.82) is 0 Å². The van der Waals surface area contributed by atoms with Gasteiger partial charge in [-0.1, -0.05) is 27.7 Å². The first-order valence-corrected chi connectivity index (χ1v) is 11.4. The molecule has 0 amide bonds. The number of aliphatic imine (C=N–C) groups is 1. The van der Waals surface area contributed by atoms with Gasteiger partial charge in [-0.25, -0.2) is 14.6 Å². The fourth-order valence-corrected chi connectivity index (χ4v) is 4.63. The van der Waals surface area contributed by atoms with Crippen LogP contribution >= 0.6 is 0 Å². The minimum atomic E-state index is -0.477. The van der Waals surface area contributed by atoms with Crippen LogP contribution in [0.25, 0.3) is 49.5 Å². The molecule has 7 heteroatoms. The van der Waals surface area contributed by atoms with E-state index >= 15 is 0 Å². The van der Waals surface area contributed by atoms with Gasteiger partial charge >= 0.3 is 11.3 Å². The third-order valence-electron chi connectivity index (χ3n) is 6.55. The molecule has 1 aliphatic rings. The normalized spacial score (nSPS) is 14.3. The molecule has 0 radical (unpaired) electrons. The van der Waals surface area contributed by atoms with Crippen molar-refractivity contribution in [2.24, 2.45) is 10.9 Å². The van der Waals surface area contributed by atoms with E-state index < -0.39 is 11.3 Å². The summed E-state index contributed by atoms with van der Waals surface area (Å²) in [4.78, 5) is 38.3. The largest absolute Gasteiger partial charge is 0.422 e. The highest BCUT2D eigenvalue weighted by Gasteiger charge is 2.22. The summed E-state index contributed by atoms with van der Waals surface area (Å²) >= 11 is 0. The molecule has 7 nitrogen and oxygen atoms in total. The Kier molecular flexibility index (Phi) is 4.39. The number of allylic oxidation sites excluding steroid dienone is 1. The minimum absolute atomic E-state index is 0.230. The van der Waals surface area contributed by atoms with Gasteiger partial charge in [0.05, 0.1) is 22.7 Å². The topological polar surface area (TPSA) is 101 Å². The maximum Gasteiger partial charge on any atom is 0.344 e. The molecule has 1 N–H and O–H groups in total. The van der Waals surface area contributed by atoms with Gasteiger partial charge in [-0.15, -0.1) is 0 Å². The first-order chi connectivity index (χ1) is 16.3. The van der Waals surface area contributed by atoms with Gasteiger partial charge in [-0.05, 0) is 41.3 Å². The first kappa shape index (κ1) is 20.6. The molecule has 170 valence electrons. The average molecular weight is 453 g/mol. The molecule has 0 saturated carbocycles. The number of aromatic nitrogens is 2. The lowest BCUT2D eigenvalue weighted by Crippen LogP contribution is -2.08. The van der Waals surface area contributed by atoms with Gasteiger partial charge in [0.2, 0.25) is 0 Å². The highest BCUT2D eigenvalue weighted by molar-refractivity contribution is 6.20. The molecule has 0 aliphatic carbocycles. The van der Waals surface area contributed by atoms with Gasteiger partial charge in [0, 0.05) is 40.6 Å². The second kappa shape index (κ2) is 7.25. The van der Waals surface area contributed by atoms with Crippen molar-refractivity contribution in [2.45, 2.75) is 40.0 Å². The SMILES string of the molecule is CC(C)C1=NC=C(c2cc3oc(=O)c4cc(-c5cnc(C(C)C)[nH]5)cc5oc(=O)c(c2)c3c54)C1. The number of nitrogens with one attached hydrogen (secondary N) is 1. The van der Waals surface area contributed by atoms with Crippen LogP contribution in [0.1, 0.15) is 51.4 Å². The number of nitrogens with zero attached hydrogens (tertiary/aromatic N) is 2. The van der Waals surface area contributed by atoms with Crippen molar-refractivity contribution in [3.63, 3.8) is 0 Å². The van der Waals surface area contributed by atoms with Crippen LogP contribution in [0.5, 0.6) is 0 Å². The second-order valence-electron chi connectivity index (χ2n) is 9.52. The van der Waals surface area contributed by atoms with E-state index in [1.54, 1.807) is 18.3 Å². The van der Waals surface area contributed by atoms with Crippen LogP contribution in [0.4, 0.5) is 0 Å². The number of aromatic amines is 1. The van der Waals surface area contributed by atoms with Gasteiger partial charge in [-0.3, -0.25) is 4.99 Å². The molecule has 2 aromatic carbocycles.